The highest BCUT2D eigenvalue weighted by molar-refractivity contribution is 6.17. The first-order valence-electron chi connectivity index (χ1n) is 19.6. The normalized spacial score (nSPS) is 11.6. The molecule has 11 aromatic rings. The summed E-state index contributed by atoms with van der Waals surface area (Å²) in [6.45, 7) is 0.666. The van der Waals surface area contributed by atoms with Crippen LogP contribution in [0.25, 0.3) is 87.6 Å². The zero-order chi connectivity index (χ0) is 37.7. The maximum Gasteiger partial charge on any atom is 0.143 e. The van der Waals surface area contributed by atoms with E-state index in [1.165, 1.54) is 66.0 Å². The molecule has 0 spiro atoms. The van der Waals surface area contributed by atoms with Crippen LogP contribution in [-0.2, 0) is 6.54 Å². The van der Waals surface area contributed by atoms with Crippen molar-refractivity contribution in [3.05, 3.63) is 218 Å². The van der Waals surface area contributed by atoms with E-state index >= 15 is 0 Å². The Morgan fingerprint density at radius 3 is 1.74 bits per heavy atom. The van der Waals surface area contributed by atoms with Crippen LogP contribution >= 0.6 is 0 Å². The Morgan fingerprint density at radius 2 is 0.895 bits per heavy atom. The molecule has 0 amide bonds. The van der Waals surface area contributed by atoms with Crippen molar-refractivity contribution in [3.63, 3.8) is 0 Å². The third kappa shape index (κ3) is 5.73. The van der Waals surface area contributed by atoms with Crippen molar-refractivity contribution in [1.82, 2.24) is 0 Å². The van der Waals surface area contributed by atoms with E-state index < -0.39 is 0 Å². The van der Waals surface area contributed by atoms with Gasteiger partial charge in [0.1, 0.15) is 11.2 Å². The van der Waals surface area contributed by atoms with Crippen LogP contribution in [0, 0.1) is 0 Å². The number of nitrogens with zero attached hydrogens (tertiary/aromatic N) is 1. The third-order valence-corrected chi connectivity index (χ3v) is 11.6. The fourth-order valence-corrected chi connectivity index (χ4v) is 8.77. The van der Waals surface area contributed by atoms with E-state index in [0.29, 0.717) is 6.54 Å². The highest BCUT2D eigenvalue weighted by atomic mass is 16.3. The molecule has 0 unspecified atom stereocenters. The van der Waals surface area contributed by atoms with Crippen molar-refractivity contribution >= 4 is 65.6 Å². The zero-order valence-corrected chi connectivity index (χ0v) is 31.3. The Bertz CT molecular complexity index is 3270. The molecule has 11 rings (SSSR count). The van der Waals surface area contributed by atoms with E-state index in [2.05, 4.69) is 217 Å². The molecular formula is C55H37NO. The van der Waals surface area contributed by atoms with Crippen LogP contribution in [0.15, 0.2) is 217 Å². The second-order valence-electron chi connectivity index (χ2n) is 14.8. The van der Waals surface area contributed by atoms with Crippen LogP contribution in [0.4, 0.5) is 11.4 Å². The number of fused-ring (bicyclic) bond motifs is 7. The number of rotatable bonds is 7. The third-order valence-electron chi connectivity index (χ3n) is 11.6. The van der Waals surface area contributed by atoms with Gasteiger partial charge in [0.25, 0.3) is 0 Å². The summed E-state index contributed by atoms with van der Waals surface area (Å²) in [5.74, 6) is 0. The molecule has 268 valence electrons. The van der Waals surface area contributed by atoms with Crippen LogP contribution in [0.3, 0.4) is 0 Å². The highest BCUT2D eigenvalue weighted by Crippen LogP contribution is 2.42. The number of para-hydroxylation sites is 1. The summed E-state index contributed by atoms with van der Waals surface area (Å²) >= 11 is 0. The largest absolute Gasteiger partial charge is 0.455 e. The second kappa shape index (κ2) is 13.7. The molecule has 0 aliphatic carbocycles. The molecule has 2 heteroatoms. The number of anilines is 2. The van der Waals surface area contributed by atoms with E-state index in [1.807, 2.05) is 0 Å². The monoisotopic (exact) mass is 727 g/mol. The van der Waals surface area contributed by atoms with Crippen molar-refractivity contribution < 1.29 is 4.42 Å². The van der Waals surface area contributed by atoms with Gasteiger partial charge in [-0.05, 0) is 85.3 Å². The van der Waals surface area contributed by atoms with Gasteiger partial charge in [-0.15, -0.1) is 0 Å². The predicted molar refractivity (Wildman–Crippen MR) is 241 cm³/mol. The second-order valence-corrected chi connectivity index (χ2v) is 14.8. The van der Waals surface area contributed by atoms with Crippen LogP contribution in [0.5, 0.6) is 0 Å². The Labute approximate surface area is 331 Å². The molecule has 57 heavy (non-hydrogen) atoms. The molecule has 0 N–H and O–H groups in total. The molecule has 0 aliphatic rings. The predicted octanol–water partition coefficient (Wildman–Crippen LogP) is 15.4. The first-order chi connectivity index (χ1) is 28.3. The summed E-state index contributed by atoms with van der Waals surface area (Å²) < 4.78 is 6.84. The van der Waals surface area contributed by atoms with E-state index in [0.717, 1.165) is 38.6 Å². The number of furan rings is 1. The molecule has 1 heterocycles. The van der Waals surface area contributed by atoms with Gasteiger partial charge in [-0.3, -0.25) is 0 Å². The zero-order valence-electron chi connectivity index (χ0n) is 31.3. The van der Waals surface area contributed by atoms with Gasteiger partial charge in [-0.2, -0.15) is 0 Å². The first-order valence-corrected chi connectivity index (χ1v) is 19.6. The molecular weight excluding hydrogens is 691 g/mol. The van der Waals surface area contributed by atoms with Crippen LogP contribution < -0.4 is 4.90 Å². The van der Waals surface area contributed by atoms with Crippen LogP contribution in [-0.4, -0.2) is 0 Å². The van der Waals surface area contributed by atoms with Crippen LogP contribution in [0.1, 0.15) is 5.56 Å². The van der Waals surface area contributed by atoms with Gasteiger partial charge in [0.05, 0.1) is 0 Å². The molecule has 0 saturated heterocycles. The molecule has 0 aliphatic heterocycles. The minimum absolute atomic E-state index is 0.666. The fourth-order valence-electron chi connectivity index (χ4n) is 8.77. The molecule has 1 aromatic heterocycles. The quantitative estimate of drug-likeness (QED) is 0.163. The Hall–Kier alpha value is -7.42. The molecule has 0 atom stereocenters. The average molecular weight is 728 g/mol. The lowest BCUT2D eigenvalue weighted by Gasteiger charge is -2.28. The summed E-state index contributed by atoms with van der Waals surface area (Å²) in [7, 11) is 0. The summed E-state index contributed by atoms with van der Waals surface area (Å²) in [4.78, 5) is 2.46. The van der Waals surface area contributed by atoms with Crippen molar-refractivity contribution in [2.45, 2.75) is 6.54 Å². The minimum Gasteiger partial charge on any atom is -0.455 e. The first kappa shape index (κ1) is 33.0. The average Bonchev–Trinajstić information content (AvgIpc) is 3.68. The van der Waals surface area contributed by atoms with Gasteiger partial charge < -0.3 is 9.32 Å². The van der Waals surface area contributed by atoms with Gasteiger partial charge in [0.2, 0.25) is 0 Å². The number of hydrogen-bond acceptors (Lipinski definition) is 2. The van der Waals surface area contributed by atoms with Crippen molar-refractivity contribution in [1.29, 1.82) is 0 Å². The van der Waals surface area contributed by atoms with Gasteiger partial charge in [0, 0.05) is 45.0 Å². The lowest BCUT2D eigenvalue weighted by Crippen LogP contribution is -2.17. The standard InChI is InChI=1S/C55H37NO/c1-5-21-45-38(13-1)17-10-25-46(45)42-20-9-19-41(35-42)37-29-32-44(33-30-37)56(53-28-11-18-39-14-2-7-23-48(39)53)36-43-16-4-6-22-47(43)50-26-12-27-51-52-34-31-40-15-3-8-24-49(40)54(52)57-55(50)51/h1-35H,36H2. The molecule has 0 radical (unpaired) electrons. The molecule has 0 bridgehead atoms. The maximum atomic E-state index is 6.84. The topological polar surface area (TPSA) is 16.4 Å². The van der Waals surface area contributed by atoms with Gasteiger partial charge in [0.15, 0.2) is 0 Å². The Kier molecular flexibility index (Phi) is 7.93. The maximum absolute atomic E-state index is 6.84. The Balaban J connectivity index is 1.01. The fraction of sp³-hybridized carbons (Fsp3) is 0.0182. The van der Waals surface area contributed by atoms with Crippen LogP contribution in [0.2, 0.25) is 0 Å². The summed E-state index contributed by atoms with van der Waals surface area (Å²) in [5, 5.41) is 9.55. The Morgan fingerprint density at radius 1 is 0.333 bits per heavy atom. The summed E-state index contributed by atoms with van der Waals surface area (Å²) in [6, 6.07) is 76.7. The van der Waals surface area contributed by atoms with Gasteiger partial charge >= 0.3 is 0 Å². The van der Waals surface area contributed by atoms with E-state index in [9.17, 15) is 0 Å². The molecule has 2 nitrogen and oxygen atoms in total. The molecule has 0 saturated carbocycles. The van der Waals surface area contributed by atoms with E-state index in [1.54, 1.807) is 0 Å². The lowest BCUT2D eigenvalue weighted by atomic mass is 9.95. The summed E-state index contributed by atoms with van der Waals surface area (Å²) in [6.07, 6.45) is 0. The summed E-state index contributed by atoms with van der Waals surface area (Å²) in [5.41, 5.74) is 12.5. The molecule has 0 fully saturated rings. The lowest BCUT2D eigenvalue weighted by molar-refractivity contribution is 0.673. The number of benzene rings is 10. The number of hydrogen-bond donors (Lipinski definition) is 0. The van der Waals surface area contributed by atoms with E-state index in [4.69, 9.17) is 4.42 Å². The smallest absolute Gasteiger partial charge is 0.143 e. The van der Waals surface area contributed by atoms with Crippen molar-refractivity contribution in [2.24, 2.45) is 0 Å². The van der Waals surface area contributed by atoms with E-state index in [-0.39, 0.29) is 0 Å². The SMILES string of the molecule is c1cc(-c2ccc(N(Cc3ccccc3-c3cccc4c3oc3c5ccccc5ccc43)c3cccc4ccccc34)cc2)cc(-c2cccc3ccccc23)c1. The molecule has 10 aromatic carbocycles. The highest BCUT2D eigenvalue weighted by Gasteiger charge is 2.20. The minimum atomic E-state index is 0.666. The van der Waals surface area contributed by atoms with Gasteiger partial charge in [-0.25, -0.2) is 0 Å². The van der Waals surface area contributed by atoms with Crippen molar-refractivity contribution in [3.8, 4) is 33.4 Å². The van der Waals surface area contributed by atoms with Gasteiger partial charge in [-0.1, -0.05) is 182 Å². The van der Waals surface area contributed by atoms with Crippen molar-refractivity contribution in [2.75, 3.05) is 4.90 Å².